The molecule has 0 radical (unpaired) electrons. The van der Waals surface area contributed by atoms with Crippen molar-refractivity contribution in [2.24, 2.45) is 5.92 Å². The lowest BCUT2D eigenvalue weighted by molar-refractivity contribution is -0.143. The molecule has 0 bridgehead atoms. The van der Waals surface area contributed by atoms with Crippen LogP contribution in [0.1, 0.15) is 53.4 Å². The Labute approximate surface area is 98.0 Å². The molecule has 0 rings (SSSR count). The van der Waals surface area contributed by atoms with E-state index in [-0.39, 0.29) is 11.9 Å². The topological polar surface area (TPSA) is 63.6 Å². The first-order valence-electron chi connectivity index (χ1n) is 5.87. The second-order valence-corrected chi connectivity index (χ2v) is 3.54. The molecule has 1 unspecified atom stereocenters. The lowest BCUT2D eigenvalue weighted by atomic mass is 10.1. The number of carbonyl (C=O) groups is 2. The molecule has 16 heavy (non-hydrogen) atoms. The van der Waals surface area contributed by atoms with Gasteiger partial charge in [0, 0.05) is 6.42 Å². The van der Waals surface area contributed by atoms with Gasteiger partial charge >= 0.3 is 11.9 Å². The van der Waals surface area contributed by atoms with Crippen molar-refractivity contribution >= 4 is 11.9 Å². The van der Waals surface area contributed by atoms with Crippen LogP contribution < -0.4 is 0 Å². The fourth-order valence-corrected chi connectivity index (χ4v) is 0.897. The third kappa shape index (κ3) is 12.9. The number of rotatable bonds is 6. The van der Waals surface area contributed by atoms with Gasteiger partial charge in [0.2, 0.25) is 0 Å². The van der Waals surface area contributed by atoms with Crippen molar-refractivity contribution in [3.05, 3.63) is 0 Å². The van der Waals surface area contributed by atoms with E-state index in [0.717, 1.165) is 19.3 Å². The third-order valence-corrected chi connectivity index (χ3v) is 2.01. The van der Waals surface area contributed by atoms with Crippen LogP contribution in [0.3, 0.4) is 0 Å². The maximum Gasteiger partial charge on any atom is 0.306 e. The minimum absolute atomic E-state index is 0.123. The van der Waals surface area contributed by atoms with Crippen LogP contribution in [0.15, 0.2) is 0 Å². The zero-order valence-electron chi connectivity index (χ0n) is 10.8. The molecular formula is C12H24O4. The molecule has 0 aromatic carbocycles. The Kier molecular flexibility index (Phi) is 13.0. The SMILES string of the molecule is CCCCC(C)C(=O)O.CCOC(=O)CC. The van der Waals surface area contributed by atoms with Crippen molar-refractivity contribution in [2.45, 2.75) is 53.4 Å². The molecule has 0 fully saturated rings. The average molecular weight is 232 g/mol. The quantitative estimate of drug-likeness (QED) is 0.715. The Hall–Kier alpha value is -1.06. The summed E-state index contributed by atoms with van der Waals surface area (Å²) in [5, 5.41) is 8.41. The molecule has 1 N–H and O–H groups in total. The van der Waals surface area contributed by atoms with Gasteiger partial charge < -0.3 is 9.84 Å². The summed E-state index contributed by atoms with van der Waals surface area (Å²) in [6, 6.07) is 0. The zero-order valence-corrected chi connectivity index (χ0v) is 10.8. The van der Waals surface area contributed by atoms with E-state index in [4.69, 9.17) is 5.11 Å². The molecule has 1 atom stereocenters. The highest BCUT2D eigenvalue weighted by atomic mass is 16.5. The van der Waals surface area contributed by atoms with Gasteiger partial charge in [-0.2, -0.15) is 0 Å². The lowest BCUT2D eigenvalue weighted by Gasteiger charge is -2.02. The second-order valence-electron chi connectivity index (χ2n) is 3.54. The molecular weight excluding hydrogens is 208 g/mol. The highest BCUT2D eigenvalue weighted by molar-refractivity contribution is 5.69. The van der Waals surface area contributed by atoms with Gasteiger partial charge in [-0.3, -0.25) is 9.59 Å². The molecule has 96 valence electrons. The lowest BCUT2D eigenvalue weighted by Crippen LogP contribution is -2.08. The van der Waals surface area contributed by atoms with Gasteiger partial charge in [-0.05, 0) is 13.3 Å². The number of carboxylic acids is 1. The molecule has 0 aromatic rings. The molecule has 0 spiro atoms. The summed E-state index contributed by atoms with van der Waals surface area (Å²) in [4.78, 5) is 20.4. The van der Waals surface area contributed by atoms with Crippen LogP contribution in [-0.4, -0.2) is 23.7 Å². The molecule has 0 amide bonds. The molecule has 0 aliphatic carbocycles. The number of carboxylic acid groups (broad SMARTS) is 1. The molecule has 0 aliphatic heterocycles. The van der Waals surface area contributed by atoms with Crippen LogP contribution in [0, 0.1) is 5.92 Å². The summed E-state index contributed by atoms with van der Waals surface area (Å²) in [7, 11) is 0. The maximum absolute atomic E-state index is 10.2. The minimum Gasteiger partial charge on any atom is -0.481 e. The molecule has 4 heteroatoms. The largest absolute Gasteiger partial charge is 0.481 e. The summed E-state index contributed by atoms with van der Waals surface area (Å²) < 4.78 is 4.55. The van der Waals surface area contributed by atoms with E-state index in [9.17, 15) is 9.59 Å². The highest BCUT2D eigenvalue weighted by Crippen LogP contribution is 2.06. The number of unbranched alkanes of at least 4 members (excludes halogenated alkanes) is 1. The molecule has 0 saturated heterocycles. The van der Waals surface area contributed by atoms with Gasteiger partial charge in [0.05, 0.1) is 12.5 Å². The minimum atomic E-state index is -0.677. The predicted octanol–water partition coefficient (Wildman–Crippen LogP) is 2.86. The van der Waals surface area contributed by atoms with E-state index in [1.165, 1.54) is 0 Å². The summed E-state index contributed by atoms with van der Waals surface area (Å²) in [6.45, 7) is 7.88. The Morgan fingerprint density at radius 2 is 1.81 bits per heavy atom. The Morgan fingerprint density at radius 3 is 2.06 bits per heavy atom. The van der Waals surface area contributed by atoms with Gasteiger partial charge in [-0.15, -0.1) is 0 Å². The summed E-state index contributed by atoms with van der Waals surface area (Å²) in [6.07, 6.45) is 3.39. The Morgan fingerprint density at radius 1 is 1.25 bits per heavy atom. The molecule has 0 heterocycles. The van der Waals surface area contributed by atoms with E-state index >= 15 is 0 Å². The second kappa shape index (κ2) is 12.0. The number of esters is 1. The Balaban J connectivity index is 0. The van der Waals surface area contributed by atoms with Crippen LogP contribution in [-0.2, 0) is 14.3 Å². The van der Waals surface area contributed by atoms with Crippen molar-refractivity contribution in [1.29, 1.82) is 0 Å². The number of ether oxygens (including phenoxy) is 1. The fourth-order valence-electron chi connectivity index (χ4n) is 0.897. The first kappa shape index (κ1) is 17.3. The van der Waals surface area contributed by atoms with Crippen LogP contribution in [0.25, 0.3) is 0 Å². The van der Waals surface area contributed by atoms with Crippen molar-refractivity contribution in [3.8, 4) is 0 Å². The molecule has 0 aromatic heterocycles. The normalized spacial score (nSPS) is 11.0. The van der Waals surface area contributed by atoms with Gasteiger partial charge in [-0.1, -0.05) is 33.6 Å². The summed E-state index contributed by atoms with van der Waals surface area (Å²) in [5.74, 6) is -0.962. The number of carbonyl (C=O) groups excluding carboxylic acids is 1. The summed E-state index contributed by atoms with van der Waals surface area (Å²) >= 11 is 0. The van der Waals surface area contributed by atoms with E-state index in [2.05, 4.69) is 11.7 Å². The van der Waals surface area contributed by atoms with E-state index < -0.39 is 5.97 Å². The standard InChI is InChI=1S/C7H14O2.C5H10O2/c1-3-4-5-6(2)7(8)9;1-3-5(6)7-4-2/h6H,3-5H2,1-2H3,(H,8,9);3-4H2,1-2H3. The van der Waals surface area contributed by atoms with E-state index in [1.54, 1.807) is 20.8 Å². The molecule has 0 aliphatic rings. The van der Waals surface area contributed by atoms with Crippen molar-refractivity contribution in [2.75, 3.05) is 6.61 Å². The van der Waals surface area contributed by atoms with Gasteiger partial charge in [0.15, 0.2) is 0 Å². The van der Waals surface area contributed by atoms with Crippen LogP contribution in [0.4, 0.5) is 0 Å². The fraction of sp³-hybridized carbons (Fsp3) is 0.833. The average Bonchev–Trinajstić information content (AvgIpc) is 2.26. The van der Waals surface area contributed by atoms with Crippen molar-refractivity contribution in [1.82, 2.24) is 0 Å². The number of aliphatic carboxylic acids is 1. The van der Waals surface area contributed by atoms with Gasteiger partial charge in [0.1, 0.15) is 0 Å². The maximum atomic E-state index is 10.2. The van der Waals surface area contributed by atoms with Crippen molar-refractivity contribution in [3.63, 3.8) is 0 Å². The highest BCUT2D eigenvalue weighted by Gasteiger charge is 2.08. The van der Waals surface area contributed by atoms with Gasteiger partial charge in [0.25, 0.3) is 0 Å². The first-order chi connectivity index (χ1) is 7.49. The smallest absolute Gasteiger partial charge is 0.306 e. The number of hydrogen-bond donors (Lipinski definition) is 1. The first-order valence-corrected chi connectivity index (χ1v) is 5.87. The Bertz CT molecular complexity index is 189. The number of hydrogen-bond acceptors (Lipinski definition) is 3. The van der Waals surface area contributed by atoms with Crippen molar-refractivity contribution < 1.29 is 19.4 Å². The predicted molar refractivity (Wildman–Crippen MR) is 63.2 cm³/mol. The van der Waals surface area contributed by atoms with Crippen LogP contribution >= 0.6 is 0 Å². The van der Waals surface area contributed by atoms with Gasteiger partial charge in [-0.25, -0.2) is 0 Å². The van der Waals surface area contributed by atoms with E-state index in [1.807, 2.05) is 0 Å². The summed E-state index contributed by atoms with van der Waals surface area (Å²) in [5.41, 5.74) is 0. The van der Waals surface area contributed by atoms with Crippen LogP contribution in [0.5, 0.6) is 0 Å². The third-order valence-electron chi connectivity index (χ3n) is 2.01. The molecule has 0 saturated carbocycles. The van der Waals surface area contributed by atoms with Crippen LogP contribution in [0.2, 0.25) is 0 Å². The monoisotopic (exact) mass is 232 g/mol. The van der Waals surface area contributed by atoms with E-state index in [0.29, 0.717) is 13.0 Å². The molecule has 4 nitrogen and oxygen atoms in total. The zero-order chi connectivity index (χ0) is 13.0.